The van der Waals surface area contributed by atoms with Gasteiger partial charge in [-0.3, -0.25) is 4.98 Å². The quantitative estimate of drug-likeness (QED) is 0.726. The van der Waals surface area contributed by atoms with E-state index in [2.05, 4.69) is 10.3 Å². The van der Waals surface area contributed by atoms with E-state index < -0.39 is 5.60 Å². The second-order valence-corrected chi connectivity index (χ2v) is 4.04. The summed E-state index contributed by atoms with van der Waals surface area (Å²) in [6.45, 7) is 1.73. The van der Waals surface area contributed by atoms with Crippen LogP contribution in [-0.4, -0.2) is 28.8 Å². The summed E-state index contributed by atoms with van der Waals surface area (Å²) in [6.07, 6.45) is 6.22. The van der Waals surface area contributed by atoms with Gasteiger partial charge in [-0.1, -0.05) is 0 Å². The number of pyridine rings is 1. The number of nitrogens with zero attached hydrogens (tertiary/aromatic N) is 1. The Morgan fingerprint density at radius 1 is 1.43 bits per heavy atom. The van der Waals surface area contributed by atoms with Crippen molar-refractivity contribution in [1.82, 2.24) is 10.3 Å². The minimum Gasteiger partial charge on any atom is -0.388 e. The van der Waals surface area contributed by atoms with Gasteiger partial charge < -0.3 is 10.4 Å². The molecule has 1 unspecified atom stereocenters. The van der Waals surface area contributed by atoms with Crippen LogP contribution in [0.5, 0.6) is 0 Å². The van der Waals surface area contributed by atoms with Gasteiger partial charge in [0, 0.05) is 25.4 Å². The Kier molecular flexibility index (Phi) is 2.79. The van der Waals surface area contributed by atoms with Crippen molar-refractivity contribution in [2.45, 2.75) is 24.9 Å². The van der Waals surface area contributed by atoms with Crippen LogP contribution in [0.4, 0.5) is 0 Å². The predicted molar refractivity (Wildman–Crippen MR) is 55.0 cm³/mol. The van der Waals surface area contributed by atoms with Gasteiger partial charge >= 0.3 is 0 Å². The summed E-state index contributed by atoms with van der Waals surface area (Å²) in [6, 6.07) is 3.93. The SMILES string of the molecule is OC1(Cc2ccncc2)CCCNC1. The van der Waals surface area contributed by atoms with Crippen molar-refractivity contribution in [2.75, 3.05) is 13.1 Å². The van der Waals surface area contributed by atoms with E-state index in [1.165, 1.54) is 0 Å². The van der Waals surface area contributed by atoms with Crippen molar-refractivity contribution >= 4 is 0 Å². The normalized spacial score (nSPS) is 27.5. The summed E-state index contributed by atoms with van der Waals surface area (Å²) in [7, 11) is 0. The third-order valence-electron chi connectivity index (χ3n) is 2.73. The molecule has 1 saturated heterocycles. The van der Waals surface area contributed by atoms with Crippen LogP contribution in [0, 0.1) is 0 Å². The molecule has 2 rings (SSSR count). The highest BCUT2D eigenvalue weighted by Crippen LogP contribution is 2.20. The van der Waals surface area contributed by atoms with Crippen LogP contribution < -0.4 is 5.32 Å². The number of piperidine rings is 1. The number of hydrogen-bond acceptors (Lipinski definition) is 3. The molecule has 14 heavy (non-hydrogen) atoms. The Morgan fingerprint density at radius 3 is 2.86 bits per heavy atom. The minimum absolute atomic E-state index is 0.556. The fourth-order valence-electron chi connectivity index (χ4n) is 1.98. The van der Waals surface area contributed by atoms with E-state index in [-0.39, 0.29) is 0 Å². The molecule has 3 heteroatoms. The molecule has 1 atom stereocenters. The van der Waals surface area contributed by atoms with Gasteiger partial charge in [0.25, 0.3) is 0 Å². The number of hydrogen-bond donors (Lipinski definition) is 2. The average molecular weight is 192 g/mol. The zero-order chi connectivity index (χ0) is 9.86. The van der Waals surface area contributed by atoms with E-state index >= 15 is 0 Å². The Balaban J connectivity index is 2.02. The standard InChI is InChI=1S/C11H16N2O/c14-11(4-1-5-13-9-11)8-10-2-6-12-7-3-10/h2-3,6-7,13-14H,1,4-5,8-9H2. The van der Waals surface area contributed by atoms with Crippen LogP contribution >= 0.6 is 0 Å². The summed E-state index contributed by atoms with van der Waals surface area (Å²) in [5.41, 5.74) is 0.603. The van der Waals surface area contributed by atoms with E-state index in [0.717, 1.165) is 31.4 Å². The largest absolute Gasteiger partial charge is 0.388 e. The van der Waals surface area contributed by atoms with Gasteiger partial charge in [-0.05, 0) is 37.1 Å². The number of β-amino-alcohol motifs (C(OH)–C–C–N with tert-alkyl or cyclic N) is 1. The van der Waals surface area contributed by atoms with Gasteiger partial charge in [0.1, 0.15) is 0 Å². The zero-order valence-corrected chi connectivity index (χ0v) is 8.24. The summed E-state index contributed by atoms with van der Waals surface area (Å²) in [5.74, 6) is 0. The molecule has 0 radical (unpaired) electrons. The van der Waals surface area contributed by atoms with Gasteiger partial charge in [0.2, 0.25) is 0 Å². The highest BCUT2D eigenvalue weighted by molar-refractivity contribution is 5.13. The molecule has 0 spiro atoms. The third kappa shape index (κ3) is 2.30. The van der Waals surface area contributed by atoms with Gasteiger partial charge in [0.05, 0.1) is 5.60 Å². The minimum atomic E-state index is -0.556. The smallest absolute Gasteiger partial charge is 0.0812 e. The fourth-order valence-corrected chi connectivity index (χ4v) is 1.98. The first-order chi connectivity index (χ1) is 6.79. The molecule has 1 aromatic heterocycles. The van der Waals surface area contributed by atoms with Crippen molar-refractivity contribution < 1.29 is 5.11 Å². The van der Waals surface area contributed by atoms with Crippen LogP contribution in [0.3, 0.4) is 0 Å². The van der Waals surface area contributed by atoms with Crippen molar-refractivity contribution in [3.8, 4) is 0 Å². The van der Waals surface area contributed by atoms with Gasteiger partial charge in [0.15, 0.2) is 0 Å². The molecule has 1 aliphatic rings. The lowest BCUT2D eigenvalue weighted by Gasteiger charge is -2.32. The monoisotopic (exact) mass is 192 g/mol. The average Bonchev–Trinajstić information content (AvgIpc) is 2.19. The molecular formula is C11H16N2O. The van der Waals surface area contributed by atoms with E-state index in [1.54, 1.807) is 12.4 Å². The summed E-state index contributed by atoms with van der Waals surface area (Å²) < 4.78 is 0. The second kappa shape index (κ2) is 4.07. The van der Waals surface area contributed by atoms with Crippen molar-refractivity contribution in [3.05, 3.63) is 30.1 Å². The zero-order valence-electron chi connectivity index (χ0n) is 8.24. The summed E-state index contributed by atoms with van der Waals surface area (Å²) in [5, 5.41) is 13.5. The van der Waals surface area contributed by atoms with E-state index in [9.17, 15) is 5.11 Å². The molecular weight excluding hydrogens is 176 g/mol. The Hall–Kier alpha value is -0.930. The van der Waals surface area contributed by atoms with Gasteiger partial charge in [-0.25, -0.2) is 0 Å². The molecule has 1 aliphatic heterocycles. The fraction of sp³-hybridized carbons (Fsp3) is 0.545. The molecule has 0 aliphatic carbocycles. The molecule has 3 nitrogen and oxygen atoms in total. The highest BCUT2D eigenvalue weighted by Gasteiger charge is 2.28. The third-order valence-corrected chi connectivity index (χ3v) is 2.73. The maximum Gasteiger partial charge on any atom is 0.0812 e. The maximum atomic E-state index is 10.2. The van der Waals surface area contributed by atoms with Crippen molar-refractivity contribution in [3.63, 3.8) is 0 Å². The lowest BCUT2D eigenvalue weighted by Crippen LogP contribution is -2.47. The van der Waals surface area contributed by atoms with Crippen LogP contribution in [0.25, 0.3) is 0 Å². The van der Waals surface area contributed by atoms with Crippen LogP contribution in [0.15, 0.2) is 24.5 Å². The lowest BCUT2D eigenvalue weighted by atomic mass is 9.88. The first kappa shape index (κ1) is 9.62. The van der Waals surface area contributed by atoms with Crippen molar-refractivity contribution in [1.29, 1.82) is 0 Å². The van der Waals surface area contributed by atoms with E-state index in [4.69, 9.17) is 0 Å². The topological polar surface area (TPSA) is 45.2 Å². The molecule has 2 heterocycles. The van der Waals surface area contributed by atoms with Crippen molar-refractivity contribution in [2.24, 2.45) is 0 Å². The number of rotatable bonds is 2. The van der Waals surface area contributed by atoms with Gasteiger partial charge in [-0.15, -0.1) is 0 Å². The molecule has 76 valence electrons. The second-order valence-electron chi connectivity index (χ2n) is 4.04. The van der Waals surface area contributed by atoms with Crippen LogP contribution in [0.1, 0.15) is 18.4 Å². The Morgan fingerprint density at radius 2 is 2.21 bits per heavy atom. The first-order valence-electron chi connectivity index (χ1n) is 5.11. The molecule has 0 bridgehead atoms. The maximum absolute atomic E-state index is 10.2. The molecule has 0 saturated carbocycles. The molecule has 0 amide bonds. The summed E-state index contributed by atoms with van der Waals surface area (Å²) in [4.78, 5) is 3.96. The van der Waals surface area contributed by atoms with E-state index in [0.29, 0.717) is 6.54 Å². The highest BCUT2D eigenvalue weighted by atomic mass is 16.3. The predicted octanol–water partition coefficient (Wildman–Crippen LogP) is 0.739. The molecule has 1 fully saturated rings. The van der Waals surface area contributed by atoms with Gasteiger partial charge in [-0.2, -0.15) is 0 Å². The first-order valence-corrected chi connectivity index (χ1v) is 5.11. The lowest BCUT2D eigenvalue weighted by molar-refractivity contribution is 0.0169. The summed E-state index contributed by atoms with van der Waals surface area (Å²) >= 11 is 0. The number of nitrogens with one attached hydrogen (secondary N) is 1. The Bertz CT molecular complexity index is 281. The molecule has 2 N–H and O–H groups in total. The van der Waals surface area contributed by atoms with Crippen LogP contribution in [-0.2, 0) is 6.42 Å². The number of aliphatic hydroxyl groups is 1. The van der Waals surface area contributed by atoms with Crippen LogP contribution in [0.2, 0.25) is 0 Å². The van der Waals surface area contributed by atoms with E-state index in [1.807, 2.05) is 12.1 Å². The molecule has 1 aromatic rings. The number of aromatic nitrogens is 1. The molecule has 0 aromatic carbocycles. The Labute approximate surface area is 84.2 Å².